The second kappa shape index (κ2) is 5.18. The maximum absolute atomic E-state index is 11.1. The van der Waals surface area contributed by atoms with Gasteiger partial charge in [-0.1, -0.05) is 0 Å². The van der Waals surface area contributed by atoms with Crippen molar-refractivity contribution in [2.45, 2.75) is 20.3 Å². The molecule has 0 saturated heterocycles. The zero-order valence-corrected chi connectivity index (χ0v) is 7.66. The van der Waals surface area contributed by atoms with Crippen LogP contribution >= 0.6 is 0 Å². The Morgan fingerprint density at radius 1 is 1.46 bits per heavy atom. The maximum atomic E-state index is 11.1. The van der Waals surface area contributed by atoms with Crippen molar-refractivity contribution in [3.63, 3.8) is 0 Å². The predicted octanol–water partition coefficient (Wildman–Crippen LogP) is 0.257. The van der Waals surface area contributed by atoms with Crippen LogP contribution < -0.4 is 5.73 Å². The summed E-state index contributed by atoms with van der Waals surface area (Å²) < 4.78 is 4.63. The molecule has 0 saturated carbocycles. The normalized spacial score (nSPS) is 11.8. The van der Waals surface area contributed by atoms with Crippen LogP contribution in [-0.4, -0.2) is 23.7 Å². The minimum atomic E-state index is -1.10. The molecule has 0 radical (unpaired) electrons. The summed E-state index contributed by atoms with van der Waals surface area (Å²) in [5, 5.41) is 8.45. The molecule has 5 nitrogen and oxygen atoms in total. The van der Waals surface area contributed by atoms with Gasteiger partial charge in [-0.15, -0.1) is 0 Å². The Balaban J connectivity index is 4.54. The molecule has 3 N–H and O–H groups in total. The molecule has 0 rings (SSSR count). The Labute approximate surface area is 76.2 Å². The van der Waals surface area contributed by atoms with Gasteiger partial charge in [0, 0.05) is 5.70 Å². The molecule has 0 aromatic rings. The van der Waals surface area contributed by atoms with Crippen LogP contribution in [0.1, 0.15) is 20.3 Å². The van der Waals surface area contributed by atoms with Gasteiger partial charge in [-0.2, -0.15) is 0 Å². The molecular formula is C8H13NO4. The summed E-state index contributed by atoms with van der Waals surface area (Å²) in [4.78, 5) is 21.4. The largest absolute Gasteiger partial charge is 0.481 e. The molecule has 0 aliphatic carbocycles. The van der Waals surface area contributed by atoms with E-state index < -0.39 is 18.4 Å². The number of hydrogen-bond donors (Lipinski definition) is 2. The highest BCUT2D eigenvalue weighted by atomic mass is 16.5. The van der Waals surface area contributed by atoms with Crippen LogP contribution in [0.25, 0.3) is 0 Å². The van der Waals surface area contributed by atoms with Gasteiger partial charge < -0.3 is 15.6 Å². The van der Waals surface area contributed by atoms with Crippen molar-refractivity contribution < 1.29 is 19.4 Å². The second-order valence-corrected chi connectivity index (χ2v) is 2.45. The summed E-state index contributed by atoms with van der Waals surface area (Å²) in [5.74, 6) is -1.77. The lowest BCUT2D eigenvalue weighted by Crippen LogP contribution is -2.15. The number of aliphatic carboxylic acids is 1. The number of carboxylic acids is 1. The van der Waals surface area contributed by atoms with Crippen molar-refractivity contribution in [2.24, 2.45) is 5.73 Å². The highest BCUT2D eigenvalue weighted by Gasteiger charge is 2.16. The molecule has 0 aliphatic heterocycles. The molecule has 5 heteroatoms. The minimum Gasteiger partial charge on any atom is -0.481 e. The first-order valence-corrected chi connectivity index (χ1v) is 3.83. The van der Waals surface area contributed by atoms with Crippen molar-refractivity contribution in [1.82, 2.24) is 0 Å². The van der Waals surface area contributed by atoms with Crippen LogP contribution in [0.2, 0.25) is 0 Å². The fraction of sp³-hybridized carbons (Fsp3) is 0.500. The number of nitrogens with two attached hydrogens (primary N) is 1. The van der Waals surface area contributed by atoms with Gasteiger partial charge in [0.05, 0.1) is 18.6 Å². The van der Waals surface area contributed by atoms with Crippen LogP contribution in [0.5, 0.6) is 0 Å². The van der Waals surface area contributed by atoms with Crippen molar-refractivity contribution in [3.8, 4) is 0 Å². The van der Waals surface area contributed by atoms with E-state index in [1.54, 1.807) is 6.92 Å². The third-order valence-corrected chi connectivity index (χ3v) is 1.33. The smallest absolute Gasteiger partial charge is 0.336 e. The Hall–Kier alpha value is -1.52. The lowest BCUT2D eigenvalue weighted by atomic mass is 10.1. The van der Waals surface area contributed by atoms with E-state index in [1.165, 1.54) is 6.92 Å². The van der Waals surface area contributed by atoms with Gasteiger partial charge in [0.1, 0.15) is 0 Å². The lowest BCUT2D eigenvalue weighted by Gasteiger charge is -2.05. The fourth-order valence-electron chi connectivity index (χ4n) is 0.742. The first-order chi connectivity index (χ1) is 5.99. The fourth-order valence-corrected chi connectivity index (χ4v) is 0.742. The van der Waals surface area contributed by atoms with Crippen LogP contribution in [0.3, 0.4) is 0 Å². The molecule has 0 amide bonds. The van der Waals surface area contributed by atoms with E-state index in [4.69, 9.17) is 10.8 Å². The third-order valence-electron chi connectivity index (χ3n) is 1.33. The number of carboxylic acid groups (broad SMARTS) is 1. The molecule has 0 unspecified atom stereocenters. The van der Waals surface area contributed by atoms with Gasteiger partial charge >= 0.3 is 11.9 Å². The highest BCUT2D eigenvalue weighted by molar-refractivity contribution is 5.94. The van der Waals surface area contributed by atoms with Crippen molar-refractivity contribution >= 4 is 11.9 Å². The summed E-state index contributed by atoms with van der Waals surface area (Å²) in [6, 6.07) is 0. The topological polar surface area (TPSA) is 89.6 Å². The third kappa shape index (κ3) is 4.15. The average Bonchev–Trinajstić information content (AvgIpc) is 1.99. The molecule has 0 bridgehead atoms. The Bertz CT molecular complexity index is 241. The zero-order valence-electron chi connectivity index (χ0n) is 7.66. The van der Waals surface area contributed by atoms with E-state index in [0.717, 1.165) is 0 Å². The van der Waals surface area contributed by atoms with Gasteiger partial charge in [0.25, 0.3) is 0 Å². The molecule has 0 fully saturated rings. The van der Waals surface area contributed by atoms with Crippen LogP contribution in [0, 0.1) is 0 Å². The van der Waals surface area contributed by atoms with Crippen molar-refractivity contribution in [1.29, 1.82) is 0 Å². The summed E-state index contributed by atoms with van der Waals surface area (Å²) in [5.41, 5.74) is 5.52. The lowest BCUT2D eigenvalue weighted by molar-refractivity contribution is -0.142. The summed E-state index contributed by atoms with van der Waals surface area (Å²) in [6.45, 7) is 3.31. The molecule has 0 heterocycles. The molecule has 0 aliphatic rings. The minimum absolute atomic E-state index is 0.00866. The first-order valence-electron chi connectivity index (χ1n) is 3.83. The van der Waals surface area contributed by atoms with E-state index in [1.807, 2.05) is 0 Å². The Morgan fingerprint density at radius 3 is 2.31 bits per heavy atom. The number of rotatable bonds is 4. The van der Waals surface area contributed by atoms with Gasteiger partial charge in [0.2, 0.25) is 0 Å². The SMILES string of the molecule is CCOC(=O)/C(CC(=O)O)=C(/C)N. The average molecular weight is 187 g/mol. The van der Waals surface area contributed by atoms with Crippen LogP contribution in [0.4, 0.5) is 0 Å². The highest BCUT2D eigenvalue weighted by Crippen LogP contribution is 2.07. The quantitative estimate of drug-likeness (QED) is 0.486. The summed E-state index contributed by atoms with van der Waals surface area (Å²) >= 11 is 0. The second-order valence-electron chi connectivity index (χ2n) is 2.45. The Kier molecular flexibility index (Phi) is 4.58. The monoisotopic (exact) mass is 187 g/mol. The molecular weight excluding hydrogens is 174 g/mol. The van der Waals surface area contributed by atoms with Gasteiger partial charge in [-0.25, -0.2) is 4.79 Å². The molecule has 0 aromatic heterocycles. The number of carbonyl (C=O) groups is 2. The predicted molar refractivity (Wildman–Crippen MR) is 45.8 cm³/mol. The van der Waals surface area contributed by atoms with Crippen LogP contribution in [0.15, 0.2) is 11.3 Å². The number of esters is 1. The van der Waals surface area contributed by atoms with Crippen molar-refractivity contribution in [2.75, 3.05) is 6.61 Å². The molecule has 74 valence electrons. The molecule has 13 heavy (non-hydrogen) atoms. The van der Waals surface area contributed by atoms with E-state index in [-0.39, 0.29) is 17.9 Å². The molecule has 0 aromatic carbocycles. The zero-order chi connectivity index (χ0) is 10.4. The van der Waals surface area contributed by atoms with E-state index in [0.29, 0.717) is 0 Å². The number of carbonyl (C=O) groups excluding carboxylic acids is 1. The van der Waals surface area contributed by atoms with Gasteiger partial charge in [-0.05, 0) is 13.8 Å². The maximum Gasteiger partial charge on any atom is 0.336 e. The summed E-state index contributed by atoms with van der Waals surface area (Å²) in [7, 11) is 0. The number of hydrogen-bond acceptors (Lipinski definition) is 4. The van der Waals surface area contributed by atoms with E-state index in [2.05, 4.69) is 4.74 Å². The van der Waals surface area contributed by atoms with Gasteiger partial charge in [-0.3, -0.25) is 4.79 Å². The molecule has 0 atom stereocenters. The van der Waals surface area contributed by atoms with Crippen LogP contribution in [-0.2, 0) is 14.3 Å². The van der Waals surface area contributed by atoms with E-state index >= 15 is 0 Å². The Morgan fingerprint density at radius 2 is 2.00 bits per heavy atom. The summed E-state index contributed by atoms with van der Waals surface area (Å²) in [6.07, 6.45) is -0.402. The standard InChI is InChI=1S/C8H13NO4/c1-3-13-8(12)6(5(2)9)4-7(10)11/h3-4,9H2,1-2H3,(H,10,11)/b6-5-. The number of ether oxygens (including phenoxy) is 1. The molecule has 0 spiro atoms. The first kappa shape index (κ1) is 11.5. The van der Waals surface area contributed by atoms with Crippen molar-refractivity contribution in [3.05, 3.63) is 11.3 Å². The van der Waals surface area contributed by atoms with E-state index in [9.17, 15) is 9.59 Å². The number of allylic oxidation sites excluding steroid dienone is 1. The van der Waals surface area contributed by atoms with Gasteiger partial charge in [0.15, 0.2) is 0 Å².